The maximum atomic E-state index is 11.9. The Balaban J connectivity index is 1.97. The summed E-state index contributed by atoms with van der Waals surface area (Å²) in [5, 5.41) is 5.01. The molecule has 0 aliphatic heterocycles. The fourth-order valence-electron chi connectivity index (χ4n) is 2.34. The Morgan fingerprint density at radius 3 is 2.46 bits per heavy atom. The van der Waals surface area contributed by atoms with Crippen LogP contribution in [0.15, 0.2) is 30.7 Å². The maximum absolute atomic E-state index is 11.9. The first kappa shape index (κ1) is 17.3. The van der Waals surface area contributed by atoms with E-state index >= 15 is 0 Å². The van der Waals surface area contributed by atoms with E-state index in [9.17, 15) is 9.59 Å². The van der Waals surface area contributed by atoms with Crippen LogP contribution in [0.25, 0.3) is 10.9 Å². The zero-order valence-corrected chi connectivity index (χ0v) is 14.8. The van der Waals surface area contributed by atoms with Gasteiger partial charge in [0.1, 0.15) is 5.75 Å². The van der Waals surface area contributed by atoms with Crippen LogP contribution in [-0.2, 0) is 11.8 Å². The number of hydrogen-bond donors (Lipinski definition) is 0. The van der Waals surface area contributed by atoms with E-state index in [1.807, 2.05) is 0 Å². The van der Waals surface area contributed by atoms with Gasteiger partial charge in [-0.05, 0) is 12.1 Å². The number of aryl methyl sites for hydroxylation is 1. The van der Waals surface area contributed by atoms with Crippen LogP contribution in [0.5, 0.6) is 11.5 Å². The van der Waals surface area contributed by atoms with Crippen molar-refractivity contribution in [2.75, 3.05) is 21.2 Å². The number of carbonyl (C=O) groups is 2. The molecule has 0 spiro atoms. The van der Waals surface area contributed by atoms with Crippen molar-refractivity contribution in [3.8, 4) is 11.5 Å². The molecule has 26 heavy (non-hydrogen) atoms. The molecule has 0 bridgehead atoms. The number of methoxy groups -OCH3 is 1. The topological polar surface area (TPSA) is 99.4 Å². The summed E-state index contributed by atoms with van der Waals surface area (Å²) in [6.45, 7) is 0. The first-order valence-corrected chi connectivity index (χ1v) is 7.66. The number of fused-ring (bicyclic) bond motifs is 1. The third-order valence-corrected chi connectivity index (χ3v) is 3.58. The van der Waals surface area contributed by atoms with E-state index in [1.165, 1.54) is 24.4 Å². The van der Waals surface area contributed by atoms with Gasteiger partial charge < -0.3 is 14.4 Å². The fraction of sp³-hybridized carbons (Fsp3) is 0.235. The minimum Gasteiger partial charge on any atom is -0.465 e. The second kappa shape index (κ2) is 6.79. The lowest BCUT2D eigenvalue weighted by Gasteiger charge is -2.10. The molecule has 3 rings (SSSR count). The summed E-state index contributed by atoms with van der Waals surface area (Å²) in [4.78, 5) is 33.1. The Morgan fingerprint density at radius 2 is 1.85 bits per heavy atom. The van der Waals surface area contributed by atoms with Gasteiger partial charge in [0.05, 0.1) is 36.0 Å². The lowest BCUT2D eigenvalue weighted by atomic mass is 10.1. The average molecular weight is 355 g/mol. The molecule has 0 N–H and O–H groups in total. The number of rotatable bonds is 4. The Hall–Kier alpha value is -3.49. The lowest BCUT2D eigenvalue weighted by molar-refractivity contribution is 0.0600. The van der Waals surface area contributed by atoms with Crippen LogP contribution in [-0.4, -0.2) is 57.7 Å². The molecular weight excluding hydrogens is 338 g/mol. The number of esters is 1. The summed E-state index contributed by atoms with van der Waals surface area (Å²) >= 11 is 0. The van der Waals surface area contributed by atoms with Gasteiger partial charge in [0, 0.05) is 27.3 Å². The molecule has 3 aromatic rings. The molecule has 0 radical (unpaired) electrons. The van der Waals surface area contributed by atoms with Crippen LogP contribution in [0.2, 0.25) is 0 Å². The Labute approximate surface area is 149 Å². The van der Waals surface area contributed by atoms with Gasteiger partial charge in [-0.3, -0.25) is 9.48 Å². The van der Waals surface area contributed by atoms with Crippen LogP contribution in [0.3, 0.4) is 0 Å². The van der Waals surface area contributed by atoms with Crippen molar-refractivity contribution < 1.29 is 19.1 Å². The second-order valence-electron chi connectivity index (χ2n) is 5.75. The predicted octanol–water partition coefficient (Wildman–Crippen LogP) is 1.64. The van der Waals surface area contributed by atoms with E-state index in [4.69, 9.17) is 9.47 Å². The minimum absolute atomic E-state index is 0.0668. The van der Waals surface area contributed by atoms with Crippen molar-refractivity contribution in [3.05, 3.63) is 42.1 Å². The van der Waals surface area contributed by atoms with Gasteiger partial charge in [0.2, 0.25) is 5.82 Å². The molecule has 0 aliphatic carbocycles. The van der Waals surface area contributed by atoms with Crippen molar-refractivity contribution >= 4 is 22.8 Å². The lowest BCUT2D eigenvalue weighted by Crippen LogP contribution is -2.23. The van der Waals surface area contributed by atoms with Gasteiger partial charge in [-0.15, -0.1) is 0 Å². The van der Waals surface area contributed by atoms with E-state index < -0.39 is 5.97 Å². The smallest absolute Gasteiger partial charge is 0.338 e. The molecule has 134 valence electrons. The number of carbonyl (C=O) groups excluding carboxylic acids is 2. The minimum atomic E-state index is -0.495. The van der Waals surface area contributed by atoms with Gasteiger partial charge in [0.15, 0.2) is 5.75 Å². The first-order chi connectivity index (χ1) is 12.4. The number of amides is 1. The largest absolute Gasteiger partial charge is 0.465 e. The molecule has 1 amide bonds. The summed E-state index contributed by atoms with van der Waals surface area (Å²) in [6, 6.07) is 3.19. The Bertz CT molecular complexity index is 979. The molecule has 1 aromatic carbocycles. The SMILES string of the molecule is COC(=O)c1cc(Oc2cnc(C(=O)N(C)C)nc2)c2cn(C)nc2c1. The van der Waals surface area contributed by atoms with Gasteiger partial charge in [-0.25, -0.2) is 14.8 Å². The molecule has 0 atom stereocenters. The number of nitrogens with zero attached hydrogens (tertiary/aromatic N) is 5. The highest BCUT2D eigenvalue weighted by Crippen LogP contribution is 2.30. The van der Waals surface area contributed by atoms with Gasteiger partial charge >= 0.3 is 5.97 Å². The summed E-state index contributed by atoms with van der Waals surface area (Å²) < 4.78 is 12.2. The van der Waals surface area contributed by atoms with E-state index in [2.05, 4.69) is 15.1 Å². The molecule has 9 heteroatoms. The zero-order valence-electron chi connectivity index (χ0n) is 14.8. The molecule has 2 aromatic heterocycles. The van der Waals surface area contributed by atoms with E-state index in [-0.39, 0.29) is 11.7 Å². The number of aromatic nitrogens is 4. The third kappa shape index (κ3) is 3.32. The highest BCUT2D eigenvalue weighted by Gasteiger charge is 2.16. The number of benzene rings is 1. The fourth-order valence-corrected chi connectivity index (χ4v) is 2.34. The van der Waals surface area contributed by atoms with Crippen molar-refractivity contribution in [1.29, 1.82) is 0 Å². The number of hydrogen-bond acceptors (Lipinski definition) is 7. The van der Waals surface area contributed by atoms with E-state index in [1.54, 1.807) is 44.2 Å². The molecule has 0 aliphatic rings. The van der Waals surface area contributed by atoms with Gasteiger partial charge in [0.25, 0.3) is 5.91 Å². The highest BCUT2D eigenvalue weighted by molar-refractivity contribution is 5.97. The van der Waals surface area contributed by atoms with Crippen molar-refractivity contribution in [2.24, 2.45) is 7.05 Å². The van der Waals surface area contributed by atoms with Crippen LogP contribution >= 0.6 is 0 Å². The highest BCUT2D eigenvalue weighted by atomic mass is 16.5. The van der Waals surface area contributed by atoms with E-state index in [0.29, 0.717) is 28.0 Å². The quantitative estimate of drug-likeness (QED) is 0.656. The summed E-state index contributed by atoms with van der Waals surface area (Å²) in [6.07, 6.45) is 4.57. The second-order valence-corrected chi connectivity index (χ2v) is 5.75. The van der Waals surface area contributed by atoms with Gasteiger partial charge in [-0.2, -0.15) is 5.10 Å². The number of ether oxygens (including phenoxy) is 2. The Morgan fingerprint density at radius 1 is 1.15 bits per heavy atom. The third-order valence-electron chi connectivity index (χ3n) is 3.58. The van der Waals surface area contributed by atoms with Crippen molar-refractivity contribution in [3.63, 3.8) is 0 Å². The molecule has 9 nitrogen and oxygen atoms in total. The summed E-state index contributed by atoms with van der Waals surface area (Å²) in [5.74, 6) is 0.000386. The van der Waals surface area contributed by atoms with Crippen molar-refractivity contribution in [2.45, 2.75) is 0 Å². The normalized spacial score (nSPS) is 10.6. The molecule has 0 saturated carbocycles. The maximum Gasteiger partial charge on any atom is 0.338 e. The van der Waals surface area contributed by atoms with Crippen LogP contribution in [0, 0.1) is 0 Å². The summed E-state index contributed by atoms with van der Waals surface area (Å²) in [7, 11) is 6.31. The van der Waals surface area contributed by atoms with Crippen molar-refractivity contribution in [1.82, 2.24) is 24.6 Å². The molecule has 0 saturated heterocycles. The van der Waals surface area contributed by atoms with Crippen LogP contribution < -0.4 is 4.74 Å². The standard InChI is InChI=1S/C17H17N5O4/c1-21(2)16(23)15-18-7-11(8-19-15)26-14-6-10(17(24)25-4)5-13-12(14)9-22(3)20-13/h5-9H,1-4H3. The predicted molar refractivity (Wildman–Crippen MR) is 92.2 cm³/mol. The zero-order chi connectivity index (χ0) is 18.8. The monoisotopic (exact) mass is 355 g/mol. The average Bonchev–Trinajstić information content (AvgIpc) is 3.01. The molecule has 0 fully saturated rings. The summed E-state index contributed by atoms with van der Waals surface area (Å²) in [5.41, 5.74) is 0.903. The first-order valence-electron chi connectivity index (χ1n) is 7.66. The van der Waals surface area contributed by atoms with Gasteiger partial charge in [-0.1, -0.05) is 0 Å². The van der Waals surface area contributed by atoms with Crippen LogP contribution in [0.1, 0.15) is 21.0 Å². The van der Waals surface area contributed by atoms with E-state index in [0.717, 1.165) is 0 Å². The molecular formula is C17H17N5O4. The molecule has 2 heterocycles. The van der Waals surface area contributed by atoms with Crippen LogP contribution in [0.4, 0.5) is 0 Å². The Kier molecular flexibility index (Phi) is 4.53. The molecule has 0 unspecified atom stereocenters.